The van der Waals surface area contributed by atoms with Gasteiger partial charge in [0.2, 0.25) is 5.75 Å². The Morgan fingerprint density at radius 3 is 2.24 bits per heavy atom. The number of nitrogens with one attached hydrogen (secondary N) is 1. The van der Waals surface area contributed by atoms with Crippen molar-refractivity contribution in [2.24, 2.45) is 0 Å². The summed E-state index contributed by atoms with van der Waals surface area (Å²) < 4.78 is 56.3. The van der Waals surface area contributed by atoms with Crippen LogP contribution in [0.5, 0.6) is 17.2 Å². The lowest BCUT2D eigenvalue weighted by atomic mass is 10.1. The zero-order valence-corrected chi connectivity index (χ0v) is 20.2. The predicted octanol–water partition coefficient (Wildman–Crippen LogP) is 4.17. The summed E-state index contributed by atoms with van der Waals surface area (Å²) in [5.41, 5.74) is 0.437. The zero-order chi connectivity index (χ0) is 24.2. The molecule has 0 aliphatic rings. The molecule has 0 spiro atoms. The number of halogens is 1. The summed E-state index contributed by atoms with van der Waals surface area (Å²) in [6.07, 6.45) is 0. The van der Waals surface area contributed by atoms with Crippen molar-refractivity contribution < 1.29 is 31.8 Å². The topological polar surface area (TPSA) is 90.9 Å². The number of ether oxygens (including phenoxy) is 3. The average Bonchev–Trinajstić information content (AvgIpc) is 3.33. The van der Waals surface area contributed by atoms with Gasteiger partial charge in [-0.05, 0) is 54.3 Å². The van der Waals surface area contributed by atoms with Crippen LogP contribution in [0.15, 0.2) is 52.7 Å². The van der Waals surface area contributed by atoms with Gasteiger partial charge in [0.1, 0.15) is 11.1 Å². The molecule has 0 aliphatic carbocycles. The maximum absolute atomic E-state index is 13.7. The summed E-state index contributed by atoms with van der Waals surface area (Å²) in [6.45, 7) is 1.31. The number of benzene rings is 2. The summed E-state index contributed by atoms with van der Waals surface area (Å²) >= 11 is 1.26. The first-order valence-electron chi connectivity index (χ1n) is 9.84. The van der Waals surface area contributed by atoms with Gasteiger partial charge >= 0.3 is 0 Å². The molecule has 0 aliphatic heterocycles. The summed E-state index contributed by atoms with van der Waals surface area (Å²) in [5.74, 6) is -0.0710. The largest absolute Gasteiger partial charge is 0.493 e. The maximum Gasteiger partial charge on any atom is 0.251 e. The highest BCUT2D eigenvalue weighted by molar-refractivity contribution is 7.91. The van der Waals surface area contributed by atoms with Gasteiger partial charge in [0.15, 0.2) is 21.3 Å². The fraction of sp³-hybridized carbons (Fsp3) is 0.261. The highest BCUT2D eigenvalue weighted by Crippen LogP contribution is 2.38. The smallest absolute Gasteiger partial charge is 0.251 e. The molecule has 1 atom stereocenters. The molecule has 0 radical (unpaired) electrons. The number of hydrogen-bond acceptors (Lipinski definition) is 7. The van der Waals surface area contributed by atoms with E-state index in [1.165, 1.54) is 63.9 Å². The van der Waals surface area contributed by atoms with Crippen molar-refractivity contribution in [3.05, 3.63) is 69.7 Å². The molecule has 1 heterocycles. The molecule has 10 heteroatoms. The van der Waals surface area contributed by atoms with Gasteiger partial charge in [-0.15, -0.1) is 11.3 Å². The van der Waals surface area contributed by atoms with E-state index < -0.39 is 26.8 Å². The van der Waals surface area contributed by atoms with Crippen LogP contribution in [-0.4, -0.2) is 42.2 Å². The Morgan fingerprint density at radius 1 is 1.06 bits per heavy atom. The Morgan fingerprint density at radius 2 is 1.73 bits per heavy atom. The number of thiophene rings is 1. The van der Waals surface area contributed by atoms with Crippen molar-refractivity contribution in [3.63, 3.8) is 0 Å². The second-order valence-electron chi connectivity index (χ2n) is 7.08. The van der Waals surface area contributed by atoms with Gasteiger partial charge in [-0.2, -0.15) is 0 Å². The first-order chi connectivity index (χ1) is 15.7. The fourth-order valence-corrected chi connectivity index (χ4v) is 6.16. The molecule has 7 nitrogen and oxygen atoms in total. The van der Waals surface area contributed by atoms with E-state index in [9.17, 15) is 17.6 Å². The van der Waals surface area contributed by atoms with Crippen LogP contribution < -0.4 is 19.5 Å². The van der Waals surface area contributed by atoms with Gasteiger partial charge in [0.25, 0.3) is 5.91 Å². The Labute approximate surface area is 196 Å². The van der Waals surface area contributed by atoms with Crippen molar-refractivity contribution in [1.82, 2.24) is 5.32 Å². The molecule has 176 valence electrons. The van der Waals surface area contributed by atoms with E-state index in [0.717, 1.165) is 6.07 Å². The average molecular weight is 494 g/mol. The SMILES string of the molecule is COc1cc(C(=O)NCC(c2cccs2)S(=O)(=O)c2ccc(F)c(C)c2)cc(OC)c1OC. The molecule has 3 rings (SSSR count). The summed E-state index contributed by atoms with van der Waals surface area (Å²) in [6, 6.07) is 10.0. The lowest BCUT2D eigenvalue weighted by molar-refractivity contribution is 0.0953. The lowest BCUT2D eigenvalue weighted by Gasteiger charge is -2.19. The van der Waals surface area contributed by atoms with Crippen LogP contribution in [0.3, 0.4) is 0 Å². The van der Waals surface area contributed by atoms with E-state index in [1.807, 2.05) is 0 Å². The Balaban J connectivity index is 1.91. The van der Waals surface area contributed by atoms with Crippen LogP contribution in [0, 0.1) is 12.7 Å². The fourth-order valence-electron chi connectivity index (χ4n) is 3.30. The van der Waals surface area contributed by atoms with Crippen LogP contribution in [0.25, 0.3) is 0 Å². The van der Waals surface area contributed by atoms with Gasteiger partial charge < -0.3 is 19.5 Å². The highest BCUT2D eigenvalue weighted by Gasteiger charge is 2.31. The van der Waals surface area contributed by atoms with Gasteiger partial charge in [0, 0.05) is 17.0 Å². The molecule has 1 N–H and O–H groups in total. The number of rotatable bonds is 9. The minimum absolute atomic E-state index is 0.0122. The monoisotopic (exact) mass is 493 g/mol. The van der Waals surface area contributed by atoms with Crippen LogP contribution in [0.2, 0.25) is 0 Å². The van der Waals surface area contributed by atoms with E-state index in [0.29, 0.717) is 22.1 Å². The number of aryl methyl sites for hydroxylation is 1. The number of amides is 1. The van der Waals surface area contributed by atoms with Crippen molar-refractivity contribution in [1.29, 1.82) is 0 Å². The highest BCUT2D eigenvalue weighted by atomic mass is 32.2. The Bertz CT molecular complexity index is 1220. The van der Waals surface area contributed by atoms with Gasteiger partial charge in [-0.3, -0.25) is 4.79 Å². The molecular formula is C23H24FNO6S2. The minimum atomic E-state index is -3.92. The van der Waals surface area contributed by atoms with Crippen LogP contribution in [0.4, 0.5) is 4.39 Å². The van der Waals surface area contributed by atoms with E-state index in [-0.39, 0.29) is 22.6 Å². The van der Waals surface area contributed by atoms with Crippen LogP contribution >= 0.6 is 11.3 Å². The minimum Gasteiger partial charge on any atom is -0.493 e. The van der Waals surface area contributed by atoms with Crippen LogP contribution in [0.1, 0.15) is 26.0 Å². The molecule has 1 unspecified atom stereocenters. The molecular weight excluding hydrogens is 469 g/mol. The van der Waals surface area contributed by atoms with E-state index in [4.69, 9.17) is 14.2 Å². The van der Waals surface area contributed by atoms with Gasteiger partial charge in [-0.25, -0.2) is 12.8 Å². The molecule has 0 saturated heterocycles. The van der Waals surface area contributed by atoms with Crippen molar-refractivity contribution in [3.8, 4) is 17.2 Å². The Kier molecular flexibility index (Phi) is 7.60. The third-order valence-corrected chi connectivity index (χ3v) is 8.28. The molecule has 33 heavy (non-hydrogen) atoms. The summed E-state index contributed by atoms with van der Waals surface area (Å²) in [4.78, 5) is 13.5. The Hall–Kier alpha value is -3.11. The first-order valence-corrected chi connectivity index (χ1v) is 12.3. The number of carbonyl (C=O) groups excluding carboxylic acids is 1. The van der Waals surface area contributed by atoms with E-state index in [1.54, 1.807) is 17.5 Å². The quantitative estimate of drug-likeness (QED) is 0.450. The third-order valence-electron chi connectivity index (χ3n) is 5.07. The molecule has 1 amide bonds. The number of hydrogen-bond donors (Lipinski definition) is 1. The van der Waals surface area contributed by atoms with Crippen molar-refractivity contribution >= 4 is 27.1 Å². The van der Waals surface area contributed by atoms with Gasteiger partial charge in [0.05, 0.1) is 26.2 Å². The van der Waals surface area contributed by atoms with Gasteiger partial charge in [-0.1, -0.05) is 6.07 Å². The number of methoxy groups -OCH3 is 3. The second kappa shape index (κ2) is 10.2. The second-order valence-corrected chi connectivity index (χ2v) is 10.2. The van der Waals surface area contributed by atoms with E-state index in [2.05, 4.69) is 5.32 Å². The molecule has 3 aromatic rings. The van der Waals surface area contributed by atoms with E-state index >= 15 is 0 Å². The predicted molar refractivity (Wildman–Crippen MR) is 124 cm³/mol. The first kappa shape index (κ1) is 24.5. The van der Waals surface area contributed by atoms with Crippen LogP contribution in [-0.2, 0) is 9.84 Å². The lowest BCUT2D eigenvalue weighted by Crippen LogP contribution is -2.31. The molecule has 2 aromatic carbocycles. The third kappa shape index (κ3) is 5.12. The zero-order valence-electron chi connectivity index (χ0n) is 18.5. The summed E-state index contributed by atoms with van der Waals surface area (Å²) in [7, 11) is 0.401. The molecule has 0 bridgehead atoms. The maximum atomic E-state index is 13.7. The molecule has 1 aromatic heterocycles. The standard InChI is InChI=1S/C23H24FNO6S2/c1-14-10-16(7-8-17(14)24)33(27,28)21(20-6-5-9-32-20)13-25-23(26)15-11-18(29-2)22(31-4)19(12-15)30-3/h5-12,21H,13H2,1-4H3,(H,25,26). The van der Waals surface area contributed by atoms with Crippen molar-refractivity contribution in [2.75, 3.05) is 27.9 Å². The normalized spacial score (nSPS) is 12.2. The molecule has 0 saturated carbocycles. The summed E-state index contributed by atoms with van der Waals surface area (Å²) in [5, 5.41) is 3.40. The number of carbonyl (C=O) groups is 1. The number of sulfone groups is 1. The molecule has 0 fully saturated rings. The van der Waals surface area contributed by atoms with Crippen molar-refractivity contribution in [2.45, 2.75) is 17.1 Å².